The SMILES string of the molecule is Cc1csc(=O)n1CCSc1nnc(C(C)(C)C)o1. The molecule has 2 aromatic heterocycles. The number of thioether (sulfide) groups is 1. The minimum atomic E-state index is -0.132. The first-order chi connectivity index (χ1) is 8.88. The number of hydrogen-bond acceptors (Lipinski definition) is 6. The first-order valence-corrected chi connectivity index (χ1v) is 7.86. The molecule has 19 heavy (non-hydrogen) atoms. The van der Waals surface area contributed by atoms with E-state index in [9.17, 15) is 4.79 Å². The van der Waals surface area contributed by atoms with Gasteiger partial charge < -0.3 is 8.98 Å². The number of rotatable bonds is 4. The molecule has 0 spiro atoms. The van der Waals surface area contributed by atoms with Crippen molar-refractivity contribution in [3.63, 3.8) is 0 Å². The molecule has 7 heteroatoms. The Bertz CT molecular complexity index is 607. The van der Waals surface area contributed by atoms with Crippen LogP contribution in [0.5, 0.6) is 0 Å². The Labute approximate surface area is 120 Å². The topological polar surface area (TPSA) is 60.9 Å². The maximum absolute atomic E-state index is 11.5. The third-order valence-electron chi connectivity index (χ3n) is 2.56. The first-order valence-electron chi connectivity index (χ1n) is 5.99. The smallest absolute Gasteiger partial charge is 0.307 e. The van der Waals surface area contributed by atoms with Gasteiger partial charge in [-0.1, -0.05) is 43.9 Å². The zero-order valence-corrected chi connectivity index (χ0v) is 13.1. The molecule has 0 aliphatic heterocycles. The van der Waals surface area contributed by atoms with Crippen molar-refractivity contribution in [1.82, 2.24) is 14.8 Å². The van der Waals surface area contributed by atoms with Crippen LogP contribution in [0.3, 0.4) is 0 Å². The molecule has 0 radical (unpaired) electrons. The van der Waals surface area contributed by atoms with Crippen molar-refractivity contribution in [3.8, 4) is 0 Å². The molecule has 0 N–H and O–H groups in total. The van der Waals surface area contributed by atoms with Crippen molar-refractivity contribution < 1.29 is 4.42 Å². The van der Waals surface area contributed by atoms with E-state index in [1.54, 1.807) is 4.57 Å². The number of aryl methyl sites for hydroxylation is 1. The predicted molar refractivity (Wildman–Crippen MR) is 77.0 cm³/mol. The molecule has 0 aliphatic rings. The van der Waals surface area contributed by atoms with Gasteiger partial charge in [0, 0.05) is 28.8 Å². The number of nitrogens with zero attached hydrogens (tertiary/aromatic N) is 3. The summed E-state index contributed by atoms with van der Waals surface area (Å²) in [5, 5.41) is 10.5. The Morgan fingerprint density at radius 2 is 2.16 bits per heavy atom. The highest BCUT2D eigenvalue weighted by atomic mass is 32.2. The van der Waals surface area contributed by atoms with E-state index in [0.29, 0.717) is 17.7 Å². The third kappa shape index (κ3) is 3.48. The summed E-state index contributed by atoms with van der Waals surface area (Å²) < 4.78 is 7.35. The molecule has 0 unspecified atom stereocenters. The highest BCUT2D eigenvalue weighted by Crippen LogP contribution is 2.24. The molecule has 0 aromatic carbocycles. The van der Waals surface area contributed by atoms with Crippen molar-refractivity contribution >= 4 is 23.1 Å². The van der Waals surface area contributed by atoms with E-state index >= 15 is 0 Å². The van der Waals surface area contributed by atoms with Crippen LogP contribution in [0.2, 0.25) is 0 Å². The fourth-order valence-electron chi connectivity index (χ4n) is 1.47. The normalized spacial score (nSPS) is 12.0. The van der Waals surface area contributed by atoms with Gasteiger partial charge in [-0.25, -0.2) is 0 Å². The van der Waals surface area contributed by atoms with Crippen molar-refractivity contribution in [1.29, 1.82) is 0 Å². The summed E-state index contributed by atoms with van der Waals surface area (Å²) in [4.78, 5) is 11.6. The Morgan fingerprint density at radius 1 is 1.42 bits per heavy atom. The standard InChI is InChI=1S/C12H17N3O2S2/c1-8-7-19-11(16)15(8)5-6-18-10-14-13-9(17-10)12(2,3)4/h7H,5-6H2,1-4H3. The summed E-state index contributed by atoms with van der Waals surface area (Å²) in [5.41, 5.74) is 0.865. The zero-order valence-electron chi connectivity index (χ0n) is 11.5. The second-order valence-corrected chi connectivity index (χ2v) is 7.13. The quantitative estimate of drug-likeness (QED) is 0.812. The van der Waals surface area contributed by atoms with Crippen molar-refractivity contribution in [3.05, 3.63) is 26.6 Å². The molecule has 0 atom stereocenters. The Hall–Kier alpha value is -1.08. The lowest BCUT2D eigenvalue weighted by molar-refractivity contribution is 0.347. The van der Waals surface area contributed by atoms with Crippen molar-refractivity contribution in [2.75, 3.05) is 5.75 Å². The van der Waals surface area contributed by atoms with Crippen LogP contribution in [0, 0.1) is 6.92 Å². The monoisotopic (exact) mass is 299 g/mol. The molecular weight excluding hydrogens is 282 g/mol. The molecule has 5 nitrogen and oxygen atoms in total. The molecule has 0 bridgehead atoms. The molecule has 0 fully saturated rings. The summed E-state index contributed by atoms with van der Waals surface area (Å²) >= 11 is 2.71. The van der Waals surface area contributed by atoms with Crippen LogP contribution in [0.4, 0.5) is 0 Å². The van der Waals surface area contributed by atoms with Crippen LogP contribution in [-0.2, 0) is 12.0 Å². The van der Waals surface area contributed by atoms with Crippen molar-refractivity contribution in [2.45, 2.75) is 44.9 Å². The van der Waals surface area contributed by atoms with Crippen LogP contribution in [0.15, 0.2) is 19.8 Å². The Morgan fingerprint density at radius 3 is 2.68 bits per heavy atom. The lowest BCUT2D eigenvalue weighted by Gasteiger charge is -2.10. The molecule has 2 aromatic rings. The lowest BCUT2D eigenvalue weighted by atomic mass is 9.97. The van der Waals surface area contributed by atoms with E-state index in [1.165, 1.54) is 23.1 Å². The van der Waals surface area contributed by atoms with E-state index in [-0.39, 0.29) is 10.3 Å². The Kier molecular flexibility index (Phi) is 4.15. The summed E-state index contributed by atoms with van der Waals surface area (Å²) in [6, 6.07) is 0. The van der Waals surface area contributed by atoms with Gasteiger partial charge >= 0.3 is 4.87 Å². The van der Waals surface area contributed by atoms with Gasteiger partial charge in [-0.05, 0) is 6.92 Å². The second-order valence-electron chi connectivity index (χ2n) is 5.27. The fraction of sp³-hybridized carbons (Fsp3) is 0.583. The van der Waals surface area contributed by atoms with Crippen LogP contribution < -0.4 is 4.87 Å². The van der Waals surface area contributed by atoms with Crippen LogP contribution in [-0.4, -0.2) is 20.5 Å². The highest BCUT2D eigenvalue weighted by molar-refractivity contribution is 7.99. The van der Waals surface area contributed by atoms with Crippen LogP contribution in [0.25, 0.3) is 0 Å². The maximum atomic E-state index is 11.5. The molecular formula is C12H17N3O2S2. The Balaban J connectivity index is 1.93. The summed E-state index contributed by atoms with van der Waals surface area (Å²) in [7, 11) is 0. The van der Waals surface area contributed by atoms with Gasteiger partial charge in [0.05, 0.1) is 0 Å². The van der Waals surface area contributed by atoms with Crippen LogP contribution >= 0.6 is 23.1 Å². The van der Waals surface area contributed by atoms with E-state index in [4.69, 9.17) is 4.42 Å². The molecule has 0 aliphatic carbocycles. The van der Waals surface area contributed by atoms with Gasteiger partial charge in [0.15, 0.2) is 0 Å². The van der Waals surface area contributed by atoms with Gasteiger partial charge in [-0.15, -0.1) is 10.2 Å². The number of aromatic nitrogens is 3. The number of hydrogen-bond donors (Lipinski definition) is 0. The van der Waals surface area contributed by atoms with Gasteiger partial charge in [0.1, 0.15) is 0 Å². The molecule has 0 amide bonds. The number of thiazole rings is 1. The molecule has 2 rings (SSSR count). The van der Waals surface area contributed by atoms with E-state index in [0.717, 1.165) is 11.4 Å². The molecule has 2 heterocycles. The average molecular weight is 299 g/mol. The maximum Gasteiger partial charge on any atom is 0.307 e. The minimum absolute atomic E-state index is 0.0824. The van der Waals surface area contributed by atoms with E-state index < -0.39 is 0 Å². The molecule has 0 saturated carbocycles. The zero-order chi connectivity index (χ0) is 14.0. The summed E-state index contributed by atoms with van der Waals surface area (Å²) in [6.07, 6.45) is 0. The van der Waals surface area contributed by atoms with E-state index in [1.807, 2.05) is 33.1 Å². The summed E-state index contributed by atoms with van der Waals surface area (Å²) in [6.45, 7) is 8.69. The molecule has 104 valence electrons. The largest absolute Gasteiger partial charge is 0.415 e. The van der Waals surface area contributed by atoms with Crippen molar-refractivity contribution in [2.24, 2.45) is 0 Å². The predicted octanol–water partition coefficient (Wildman–Crippen LogP) is 2.69. The van der Waals surface area contributed by atoms with Gasteiger partial charge in [0.25, 0.3) is 5.22 Å². The molecule has 0 saturated heterocycles. The average Bonchev–Trinajstić information content (AvgIpc) is 2.90. The highest BCUT2D eigenvalue weighted by Gasteiger charge is 2.21. The third-order valence-corrected chi connectivity index (χ3v) is 4.24. The second kappa shape index (κ2) is 5.50. The minimum Gasteiger partial charge on any atom is -0.415 e. The fourth-order valence-corrected chi connectivity index (χ4v) is 2.92. The van der Waals surface area contributed by atoms with Gasteiger partial charge in [0.2, 0.25) is 5.89 Å². The van der Waals surface area contributed by atoms with E-state index in [2.05, 4.69) is 10.2 Å². The van der Waals surface area contributed by atoms with Gasteiger partial charge in [-0.2, -0.15) is 0 Å². The lowest BCUT2D eigenvalue weighted by Crippen LogP contribution is -2.15. The van der Waals surface area contributed by atoms with Gasteiger partial charge in [-0.3, -0.25) is 4.79 Å². The van der Waals surface area contributed by atoms with Crippen LogP contribution in [0.1, 0.15) is 32.4 Å². The summed E-state index contributed by atoms with van der Waals surface area (Å²) in [5.74, 6) is 1.38. The first kappa shape index (κ1) is 14.3.